The lowest BCUT2D eigenvalue weighted by Crippen LogP contribution is -2.51. The number of ether oxygens (including phenoxy) is 2. The van der Waals surface area contributed by atoms with Gasteiger partial charge in [-0.2, -0.15) is 0 Å². The van der Waals surface area contributed by atoms with Crippen molar-refractivity contribution in [1.29, 1.82) is 0 Å². The zero-order valence-electron chi connectivity index (χ0n) is 18.1. The van der Waals surface area contributed by atoms with Crippen LogP contribution in [0.5, 0.6) is 5.75 Å². The van der Waals surface area contributed by atoms with E-state index in [-0.39, 0.29) is 5.41 Å². The molecule has 1 aliphatic rings. The summed E-state index contributed by atoms with van der Waals surface area (Å²) in [5.74, 6) is 1.46. The van der Waals surface area contributed by atoms with Crippen molar-refractivity contribution in [3.8, 4) is 5.75 Å². The fraction of sp³-hybridized carbons (Fsp3) is 0.520. The maximum atomic E-state index is 5.77. The SMILES string of the molecule is CCOCCC1(C)c2cc(OC)ccc2CC(N(C)Cc2ccccc2)C1C. The summed E-state index contributed by atoms with van der Waals surface area (Å²) in [6.07, 6.45) is 2.10. The van der Waals surface area contributed by atoms with Crippen molar-refractivity contribution < 1.29 is 9.47 Å². The molecule has 0 aromatic heterocycles. The summed E-state index contributed by atoms with van der Waals surface area (Å²) in [5.41, 5.74) is 4.31. The molecule has 3 heteroatoms. The summed E-state index contributed by atoms with van der Waals surface area (Å²) in [7, 11) is 4.02. The lowest BCUT2D eigenvalue weighted by Gasteiger charge is -2.49. The van der Waals surface area contributed by atoms with E-state index in [0.29, 0.717) is 12.0 Å². The van der Waals surface area contributed by atoms with E-state index >= 15 is 0 Å². The van der Waals surface area contributed by atoms with Gasteiger partial charge in [0.15, 0.2) is 0 Å². The van der Waals surface area contributed by atoms with Crippen LogP contribution >= 0.6 is 0 Å². The second kappa shape index (κ2) is 9.11. The van der Waals surface area contributed by atoms with Gasteiger partial charge in [-0.3, -0.25) is 4.90 Å². The van der Waals surface area contributed by atoms with Crippen LogP contribution in [0.2, 0.25) is 0 Å². The van der Waals surface area contributed by atoms with Crippen molar-refractivity contribution in [3.63, 3.8) is 0 Å². The summed E-state index contributed by atoms with van der Waals surface area (Å²) >= 11 is 0. The Kier molecular flexibility index (Phi) is 6.79. The minimum Gasteiger partial charge on any atom is -0.497 e. The fourth-order valence-electron chi connectivity index (χ4n) is 4.78. The van der Waals surface area contributed by atoms with Crippen LogP contribution < -0.4 is 4.74 Å². The van der Waals surface area contributed by atoms with Crippen LogP contribution in [-0.2, 0) is 23.1 Å². The first-order chi connectivity index (χ1) is 13.5. The first-order valence-electron chi connectivity index (χ1n) is 10.5. The van der Waals surface area contributed by atoms with Gasteiger partial charge in [0.1, 0.15) is 5.75 Å². The Morgan fingerprint density at radius 1 is 1.14 bits per heavy atom. The number of likely N-dealkylation sites (N-methyl/N-ethyl adjacent to an activating group) is 1. The van der Waals surface area contributed by atoms with Crippen LogP contribution in [-0.4, -0.2) is 38.3 Å². The van der Waals surface area contributed by atoms with E-state index in [0.717, 1.165) is 38.3 Å². The Bertz CT molecular complexity index is 760. The first-order valence-corrected chi connectivity index (χ1v) is 10.5. The van der Waals surface area contributed by atoms with Crippen LogP contribution in [0.4, 0.5) is 0 Å². The van der Waals surface area contributed by atoms with Gasteiger partial charge in [-0.25, -0.2) is 0 Å². The molecule has 0 saturated carbocycles. The van der Waals surface area contributed by atoms with E-state index in [1.807, 2.05) is 0 Å². The number of methoxy groups -OCH3 is 1. The summed E-state index contributed by atoms with van der Waals surface area (Å²) in [5, 5.41) is 0. The molecule has 0 radical (unpaired) electrons. The minimum absolute atomic E-state index is 0.0624. The standard InChI is InChI=1S/C25H35NO2/c1-6-28-15-14-25(3)19(2)24(26(4)18-20-10-8-7-9-11-20)16-21-12-13-22(27-5)17-23(21)25/h7-13,17,19,24H,6,14-16,18H2,1-5H3. The predicted molar refractivity (Wildman–Crippen MR) is 116 cm³/mol. The van der Waals surface area contributed by atoms with Crippen LogP contribution in [0.3, 0.4) is 0 Å². The normalized spacial score (nSPS) is 24.2. The van der Waals surface area contributed by atoms with Crippen LogP contribution in [0.15, 0.2) is 48.5 Å². The molecule has 152 valence electrons. The quantitative estimate of drug-likeness (QED) is 0.596. The van der Waals surface area contributed by atoms with Crippen molar-refractivity contribution in [2.75, 3.05) is 27.4 Å². The molecule has 0 spiro atoms. The number of hydrogen-bond acceptors (Lipinski definition) is 3. The predicted octanol–water partition coefficient (Wildman–Crippen LogP) is 5.07. The van der Waals surface area contributed by atoms with Crippen molar-refractivity contribution >= 4 is 0 Å². The molecule has 3 nitrogen and oxygen atoms in total. The van der Waals surface area contributed by atoms with E-state index in [4.69, 9.17) is 9.47 Å². The molecular formula is C25H35NO2. The highest BCUT2D eigenvalue weighted by Gasteiger charge is 2.44. The average Bonchev–Trinajstić information content (AvgIpc) is 2.71. The summed E-state index contributed by atoms with van der Waals surface area (Å²) < 4.78 is 11.3. The van der Waals surface area contributed by atoms with Gasteiger partial charge in [-0.15, -0.1) is 0 Å². The van der Waals surface area contributed by atoms with E-state index < -0.39 is 0 Å². The average molecular weight is 382 g/mol. The minimum atomic E-state index is 0.0624. The van der Waals surface area contributed by atoms with Gasteiger partial charge in [0.25, 0.3) is 0 Å². The highest BCUT2D eigenvalue weighted by Crippen LogP contribution is 2.46. The van der Waals surface area contributed by atoms with E-state index in [9.17, 15) is 0 Å². The molecule has 2 aromatic carbocycles. The Morgan fingerprint density at radius 2 is 1.89 bits per heavy atom. The molecule has 3 atom stereocenters. The van der Waals surface area contributed by atoms with Gasteiger partial charge >= 0.3 is 0 Å². The van der Waals surface area contributed by atoms with Gasteiger partial charge in [-0.05, 0) is 67.0 Å². The number of rotatable bonds is 8. The number of nitrogens with zero attached hydrogens (tertiary/aromatic N) is 1. The highest BCUT2D eigenvalue weighted by atomic mass is 16.5. The third kappa shape index (κ3) is 4.26. The largest absolute Gasteiger partial charge is 0.497 e. The molecular weight excluding hydrogens is 346 g/mol. The molecule has 0 N–H and O–H groups in total. The van der Waals surface area contributed by atoms with Crippen LogP contribution in [0.1, 0.15) is 43.9 Å². The first kappa shape index (κ1) is 20.9. The Morgan fingerprint density at radius 3 is 2.57 bits per heavy atom. The molecule has 1 aliphatic carbocycles. The molecule has 2 aromatic rings. The van der Waals surface area contributed by atoms with Crippen LogP contribution in [0.25, 0.3) is 0 Å². The Labute approximate surface area is 170 Å². The lowest BCUT2D eigenvalue weighted by atomic mass is 9.61. The zero-order chi connectivity index (χ0) is 20.1. The van der Waals surface area contributed by atoms with E-state index in [2.05, 4.69) is 81.2 Å². The van der Waals surface area contributed by atoms with Crippen molar-refractivity contribution in [2.45, 2.75) is 51.6 Å². The van der Waals surface area contributed by atoms with E-state index in [1.165, 1.54) is 16.7 Å². The molecule has 0 heterocycles. The van der Waals surface area contributed by atoms with Crippen molar-refractivity contribution in [3.05, 3.63) is 65.2 Å². The molecule has 0 bridgehead atoms. The maximum Gasteiger partial charge on any atom is 0.119 e. The second-order valence-corrected chi connectivity index (χ2v) is 8.35. The molecule has 0 fully saturated rings. The van der Waals surface area contributed by atoms with E-state index in [1.54, 1.807) is 7.11 Å². The van der Waals surface area contributed by atoms with Crippen molar-refractivity contribution in [2.24, 2.45) is 5.92 Å². The lowest BCUT2D eigenvalue weighted by molar-refractivity contribution is 0.0700. The Hall–Kier alpha value is -1.84. The zero-order valence-corrected chi connectivity index (χ0v) is 18.1. The van der Waals surface area contributed by atoms with Gasteiger partial charge in [-0.1, -0.05) is 50.2 Å². The highest BCUT2D eigenvalue weighted by molar-refractivity contribution is 5.44. The molecule has 0 saturated heterocycles. The van der Waals surface area contributed by atoms with Gasteiger partial charge < -0.3 is 9.47 Å². The third-order valence-corrected chi connectivity index (χ3v) is 6.75. The number of hydrogen-bond donors (Lipinski definition) is 0. The van der Waals surface area contributed by atoms with Crippen LogP contribution in [0, 0.1) is 5.92 Å². The van der Waals surface area contributed by atoms with Gasteiger partial charge in [0.2, 0.25) is 0 Å². The topological polar surface area (TPSA) is 21.7 Å². The Balaban J connectivity index is 1.91. The summed E-state index contributed by atoms with van der Waals surface area (Å²) in [6.45, 7) is 9.44. The smallest absolute Gasteiger partial charge is 0.119 e. The molecule has 3 rings (SSSR count). The third-order valence-electron chi connectivity index (χ3n) is 6.75. The molecule has 28 heavy (non-hydrogen) atoms. The summed E-state index contributed by atoms with van der Waals surface area (Å²) in [4.78, 5) is 2.53. The van der Waals surface area contributed by atoms with Gasteiger partial charge in [0, 0.05) is 25.8 Å². The summed E-state index contributed by atoms with van der Waals surface area (Å²) in [6, 6.07) is 17.9. The molecule has 0 amide bonds. The maximum absolute atomic E-state index is 5.77. The monoisotopic (exact) mass is 381 g/mol. The van der Waals surface area contributed by atoms with Gasteiger partial charge in [0.05, 0.1) is 7.11 Å². The number of benzene rings is 2. The molecule has 3 unspecified atom stereocenters. The second-order valence-electron chi connectivity index (χ2n) is 8.35. The fourth-order valence-corrected chi connectivity index (χ4v) is 4.78. The molecule has 0 aliphatic heterocycles. The van der Waals surface area contributed by atoms with Crippen molar-refractivity contribution in [1.82, 2.24) is 4.90 Å². The number of fused-ring (bicyclic) bond motifs is 1.